The third-order valence-electron chi connectivity index (χ3n) is 3.09. The van der Waals surface area contributed by atoms with Gasteiger partial charge in [-0.1, -0.05) is 48.1 Å². The number of allylic oxidation sites excluding steroid dienone is 1. The Morgan fingerprint density at radius 2 is 2.12 bits per heavy atom. The quantitative estimate of drug-likeness (QED) is 0.327. The van der Waals surface area contributed by atoms with Gasteiger partial charge in [0.2, 0.25) is 0 Å². The first kappa shape index (κ1) is 14.5. The lowest BCUT2D eigenvalue weighted by Gasteiger charge is -2.24. The number of hydrogen-bond acceptors (Lipinski definition) is 2. The van der Waals surface area contributed by atoms with Gasteiger partial charge in [0.1, 0.15) is 0 Å². The maximum Gasteiger partial charge on any atom is 0.167 e. The average Bonchev–Trinajstić information content (AvgIpc) is 2.38. The summed E-state index contributed by atoms with van der Waals surface area (Å²) in [6, 6.07) is 0. The van der Waals surface area contributed by atoms with E-state index in [9.17, 15) is 0 Å². The van der Waals surface area contributed by atoms with E-state index in [0.717, 1.165) is 10.8 Å². The van der Waals surface area contributed by atoms with Crippen LogP contribution in [0.4, 0.5) is 0 Å². The second kappa shape index (κ2) is 5.83. The van der Waals surface area contributed by atoms with Gasteiger partial charge in [0.15, 0.2) is 6.29 Å². The molecule has 0 saturated heterocycles. The van der Waals surface area contributed by atoms with Crippen molar-refractivity contribution in [3.63, 3.8) is 0 Å². The van der Waals surface area contributed by atoms with E-state index in [1.165, 1.54) is 5.57 Å². The molecule has 1 aliphatic rings. The molecule has 0 aromatic carbocycles. The van der Waals surface area contributed by atoms with Crippen molar-refractivity contribution >= 4 is 22.6 Å². The van der Waals surface area contributed by atoms with Crippen molar-refractivity contribution in [3.05, 3.63) is 11.6 Å². The van der Waals surface area contributed by atoms with E-state index in [1.54, 1.807) is 0 Å². The molecule has 1 rings (SSSR count). The van der Waals surface area contributed by atoms with Gasteiger partial charge >= 0.3 is 0 Å². The van der Waals surface area contributed by atoms with Gasteiger partial charge in [0.05, 0.1) is 16.6 Å². The van der Waals surface area contributed by atoms with Gasteiger partial charge in [0.25, 0.3) is 0 Å². The van der Waals surface area contributed by atoms with Crippen LogP contribution in [0.1, 0.15) is 41.0 Å². The van der Waals surface area contributed by atoms with E-state index in [0.29, 0.717) is 0 Å². The molecular formula is C13H23IO2. The standard InChI is InChI=1S/C13H23IO2/c1-9(2)15-12(8-14)16-11-6-10(3)13(4,5)7-11/h6,9,11-12H,7-8H2,1-5H3. The summed E-state index contributed by atoms with van der Waals surface area (Å²) < 4.78 is 12.6. The smallest absolute Gasteiger partial charge is 0.167 e. The van der Waals surface area contributed by atoms with Gasteiger partial charge < -0.3 is 9.47 Å². The summed E-state index contributed by atoms with van der Waals surface area (Å²) >= 11 is 2.31. The minimum Gasteiger partial charge on any atom is -0.349 e. The molecule has 16 heavy (non-hydrogen) atoms. The zero-order valence-corrected chi connectivity index (χ0v) is 13.1. The first-order valence-electron chi connectivity index (χ1n) is 5.91. The van der Waals surface area contributed by atoms with Crippen molar-refractivity contribution < 1.29 is 9.47 Å². The molecule has 0 fully saturated rings. The van der Waals surface area contributed by atoms with Crippen LogP contribution in [0, 0.1) is 5.41 Å². The highest BCUT2D eigenvalue weighted by Gasteiger charge is 2.32. The fourth-order valence-corrected chi connectivity index (χ4v) is 2.33. The maximum absolute atomic E-state index is 5.97. The fourth-order valence-electron chi connectivity index (χ4n) is 1.92. The zero-order valence-electron chi connectivity index (χ0n) is 10.9. The first-order valence-corrected chi connectivity index (χ1v) is 7.43. The lowest BCUT2D eigenvalue weighted by atomic mass is 9.87. The lowest BCUT2D eigenvalue weighted by Crippen LogP contribution is -2.27. The average molecular weight is 338 g/mol. The van der Waals surface area contributed by atoms with Gasteiger partial charge in [-0.25, -0.2) is 0 Å². The summed E-state index contributed by atoms with van der Waals surface area (Å²) in [4.78, 5) is 0. The van der Waals surface area contributed by atoms with Crippen LogP contribution in [0.15, 0.2) is 11.6 Å². The van der Waals surface area contributed by atoms with Crippen molar-refractivity contribution in [1.29, 1.82) is 0 Å². The minimum atomic E-state index is -0.0800. The number of ether oxygens (including phenoxy) is 2. The molecule has 0 radical (unpaired) electrons. The molecule has 3 heteroatoms. The summed E-state index contributed by atoms with van der Waals surface area (Å²) in [7, 11) is 0. The Bertz CT molecular complexity index is 259. The van der Waals surface area contributed by atoms with Crippen molar-refractivity contribution in [2.45, 2.75) is 59.5 Å². The fraction of sp³-hybridized carbons (Fsp3) is 0.846. The third-order valence-corrected chi connectivity index (χ3v) is 3.81. The van der Waals surface area contributed by atoms with Crippen LogP contribution in [0.2, 0.25) is 0 Å². The molecule has 0 spiro atoms. The van der Waals surface area contributed by atoms with Gasteiger partial charge in [-0.15, -0.1) is 0 Å². The van der Waals surface area contributed by atoms with Crippen LogP contribution in [0.25, 0.3) is 0 Å². The van der Waals surface area contributed by atoms with Gasteiger partial charge in [0, 0.05) is 0 Å². The molecule has 0 N–H and O–H groups in total. The number of rotatable bonds is 5. The second-order valence-corrected chi connectivity index (χ2v) is 6.26. The number of halogens is 1. The summed E-state index contributed by atoms with van der Waals surface area (Å²) in [5.74, 6) is 0. The summed E-state index contributed by atoms with van der Waals surface area (Å²) in [6.07, 6.45) is 3.66. The summed E-state index contributed by atoms with van der Waals surface area (Å²) in [5, 5.41) is 0. The highest BCUT2D eigenvalue weighted by Crippen LogP contribution is 2.39. The minimum absolute atomic E-state index is 0.0800. The van der Waals surface area contributed by atoms with E-state index >= 15 is 0 Å². The van der Waals surface area contributed by atoms with Crippen molar-refractivity contribution in [1.82, 2.24) is 0 Å². The van der Waals surface area contributed by atoms with E-state index < -0.39 is 0 Å². The Hall–Kier alpha value is 0.390. The summed E-state index contributed by atoms with van der Waals surface area (Å²) in [6.45, 7) is 10.8. The second-order valence-electron chi connectivity index (χ2n) is 5.38. The molecule has 2 nitrogen and oxygen atoms in total. The molecule has 2 unspecified atom stereocenters. The molecule has 94 valence electrons. The maximum atomic E-state index is 5.97. The van der Waals surface area contributed by atoms with Gasteiger partial charge in [-0.05, 0) is 32.6 Å². The van der Waals surface area contributed by atoms with E-state index in [1.807, 2.05) is 13.8 Å². The topological polar surface area (TPSA) is 18.5 Å². The monoisotopic (exact) mass is 338 g/mol. The zero-order chi connectivity index (χ0) is 12.3. The highest BCUT2D eigenvalue weighted by molar-refractivity contribution is 14.1. The van der Waals surface area contributed by atoms with Crippen molar-refractivity contribution in [3.8, 4) is 0 Å². The molecule has 1 aliphatic carbocycles. The summed E-state index contributed by atoms with van der Waals surface area (Å²) in [5.41, 5.74) is 1.70. The molecule has 0 heterocycles. The number of hydrogen-bond donors (Lipinski definition) is 0. The number of alkyl halides is 1. The Kier molecular flexibility index (Phi) is 5.26. The van der Waals surface area contributed by atoms with E-state index in [2.05, 4.69) is 49.4 Å². The van der Waals surface area contributed by atoms with Crippen LogP contribution in [0.5, 0.6) is 0 Å². The van der Waals surface area contributed by atoms with Crippen LogP contribution in [-0.4, -0.2) is 22.9 Å². The van der Waals surface area contributed by atoms with Crippen LogP contribution in [-0.2, 0) is 9.47 Å². The SMILES string of the molecule is CC1=CC(OC(CI)OC(C)C)CC1(C)C. The molecular weight excluding hydrogens is 315 g/mol. The van der Waals surface area contributed by atoms with Crippen molar-refractivity contribution in [2.75, 3.05) is 4.43 Å². The molecule has 0 amide bonds. The Morgan fingerprint density at radius 1 is 1.50 bits per heavy atom. The predicted octanol–water partition coefficient (Wildman–Crippen LogP) is 3.93. The molecule has 0 aromatic rings. The van der Waals surface area contributed by atoms with Gasteiger partial charge in [-0.3, -0.25) is 0 Å². The Balaban J connectivity index is 2.49. The van der Waals surface area contributed by atoms with Crippen LogP contribution >= 0.6 is 22.6 Å². The molecule has 2 atom stereocenters. The lowest BCUT2D eigenvalue weighted by molar-refractivity contribution is -0.164. The highest BCUT2D eigenvalue weighted by atomic mass is 127. The largest absolute Gasteiger partial charge is 0.349 e. The van der Waals surface area contributed by atoms with Crippen molar-refractivity contribution in [2.24, 2.45) is 5.41 Å². The van der Waals surface area contributed by atoms with E-state index in [-0.39, 0.29) is 23.9 Å². The molecule has 0 bridgehead atoms. The van der Waals surface area contributed by atoms with Gasteiger partial charge in [-0.2, -0.15) is 0 Å². The molecule has 0 aromatic heterocycles. The molecule has 0 aliphatic heterocycles. The third kappa shape index (κ3) is 4.00. The van der Waals surface area contributed by atoms with E-state index in [4.69, 9.17) is 9.47 Å². The predicted molar refractivity (Wildman–Crippen MR) is 75.9 cm³/mol. The normalized spacial score (nSPS) is 25.9. The van der Waals surface area contributed by atoms with Crippen LogP contribution < -0.4 is 0 Å². The first-order chi connectivity index (χ1) is 7.35. The Morgan fingerprint density at radius 3 is 2.50 bits per heavy atom. The molecule has 0 saturated carbocycles. The Labute approximate surface area is 113 Å². The van der Waals surface area contributed by atoms with Crippen LogP contribution in [0.3, 0.4) is 0 Å².